The highest BCUT2D eigenvalue weighted by Gasteiger charge is 2.62. The summed E-state index contributed by atoms with van der Waals surface area (Å²) in [6, 6.07) is -1.56. The maximum Gasteiger partial charge on any atom is 0.364 e. The summed E-state index contributed by atoms with van der Waals surface area (Å²) < 4.78 is 114. The van der Waals surface area contributed by atoms with Crippen LogP contribution in [0.25, 0.3) is 0 Å². The van der Waals surface area contributed by atoms with Gasteiger partial charge in [0.15, 0.2) is 50.3 Å². The number of nitrogens with two attached hydrogens (primary N) is 1. The zero-order valence-electron chi connectivity index (χ0n) is 63.9. The molecular formula is C68H117NO48. The predicted molar refractivity (Wildman–Crippen MR) is 365 cm³/mol. The lowest BCUT2D eigenvalue weighted by Crippen LogP contribution is -2.68. The van der Waals surface area contributed by atoms with E-state index in [-0.39, 0.29) is 0 Å². The topological polar surface area (TPSA) is 785 Å². The molecule has 49 nitrogen and oxygen atoms in total. The molecule has 10 rings (SSSR count). The maximum atomic E-state index is 12.8. The fraction of sp³-hybridized carbons (Fsp3) is 0.985. The summed E-state index contributed by atoms with van der Waals surface area (Å²) in [5.74, 6) is -9.43. The molecule has 10 heterocycles. The summed E-state index contributed by atoms with van der Waals surface area (Å²) in [5, 5.41) is 309. The van der Waals surface area contributed by atoms with Gasteiger partial charge >= 0.3 is 5.97 Å². The molecule has 0 aromatic heterocycles. The largest absolute Gasteiger partial charge is 0.477 e. The Morgan fingerprint density at radius 2 is 0.675 bits per heavy atom. The molecule has 10 fully saturated rings. The molecule has 0 aromatic rings. The molecule has 682 valence electrons. The molecule has 0 radical (unpaired) electrons. The molecule has 117 heavy (non-hydrogen) atoms. The van der Waals surface area contributed by atoms with E-state index < -0.39 is 390 Å². The van der Waals surface area contributed by atoms with Crippen molar-refractivity contribution in [3.05, 3.63) is 0 Å². The number of hydrogen-bond donors (Lipinski definition) is 29. The average molecular weight is 1720 g/mol. The second-order valence-electron chi connectivity index (χ2n) is 31.4. The predicted octanol–water partition coefficient (Wildman–Crippen LogP) is -17.5. The number of carboxylic acids is 1. The second kappa shape index (κ2) is 41.4. The Hall–Kier alpha value is -2.41. The average Bonchev–Trinajstić information content (AvgIpc) is 0.769. The number of ether oxygens (including phenoxy) is 19. The minimum absolute atomic E-state index is 0.552. The third kappa shape index (κ3) is 20.2. The standard InChI is InChI=1S/C68H117NO48/c1-17-21(5)101-27(11-74)51(34(17)80)110-59-18(2)35(81)54(30(14-77)105-59)113-64-50(96)56(114-66-58(47(93)41(87)26(10-73)104-66)116-61-20(4)37(83)52(28(12-75)107-61)111-62-48(94)44(90)39(85)24(8-71)102-62)43(89)31(108-64)15-99-65-57(46(92)40(86)25(9-72)103-65)115-60-19(3)36(82)53(29(13-76)106-60)112-63-49(95)45(91)42(88)32(109-63)16-100-68(67(97)98)6-22(78)33(69)55(117-68)38(84)23(79)7-70/h17-66,70-96H,6-16,69H2,1-5H3,(H,97,98)/t17-,18+,19?,20+,21+,22-,23-,24?,25?,26-,27?,28?,29+,30?,31?,32?,33-,34?,35?,36?,37?,38-,39+,40-,41-,42+,43-,44?,45?,46?,47?,48+,49+,50-,51-,52-,53-,54-,55?,56?,57-,58?,59+,60+,61+,62+,63+,64+,65+,66?,68-/m1/s1. The summed E-state index contributed by atoms with van der Waals surface area (Å²) in [7, 11) is 0. The van der Waals surface area contributed by atoms with Crippen molar-refractivity contribution in [3.8, 4) is 0 Å². The first-order valence-corrected chi connectivity index (χ1v) is 38.5. The number of hydrogen-bond acceptors (Lipinski definition) is 48. The van der Waals surface area contributed by atoms with Crippen LogP contribution in [0.5, 0.6) is 0 Å². The van der Waals surface area contributed by atoms with E-state index in [0.29, 0.717) is 0 Å². The van der Waals surface area contributed by atoms with Crippen LogP contribution < -0.4 is 5.73 Å². The highest BCUT2D eigenvalue weighted by atomic mass is 16.8. The van der Waals surface area contributed by atoms with Gasteiger partial charge in [-0.15, -0.1) is 0 Å². The van der Waals surface area contributed by atoms with E-state index in [1.165, 1.54) is 20.8 Å². The van der Waals surface area contributed by atoms with E-state index in [0.717, 1.165) is 0 Å². The van der Waals surface area contributed by atoms with Crippen LogP contribution in [0, 0.1) is 23.7 Å². The van der Waals surface area contributed by atoms with E-state index in [9.17, 15) is 148 Å². The molecule has 0 bridgehead atoms. The highest BCUT2D eigenvalue weighted by molar-refractivity contribution is 5.76. The Morgan fingerprint density at radius 1 is 0.350 bits per heavy atom. The van der Waals surface area contributed by atoms with Crippen LogP contribution >= 0.6 is 0 Å². The van der Waals surface area contributed by atoms with Crippen molar-refractivity contribution in [2.45, 2.75) is 329 Å². The van der Waals surface area contributed by atoms with Gasteiger partial charge in [-0.1, -0.05) is 27.7 Å². The quantitative estimate of drug-likeness (QED) is 0.0306. The Labute approximate surface area is 666 Å². The molecule has 51 atom stereocenters. The Kier molecular flexibility index (Phi) is 34.2. The number of rotatable bonds is 31. The maximum absolute atomic E-state index is 12.8. The molecule has 0 amide bonds. The number of carboxylic acid groups (broad SMARTS) is 1. The van der Waals surface area contributed by atoms with Gasteiger partial charge in [-0.3, -0.25) is 0 Å². The summed E-state index contributed by atoms with van der Waals surface area (Å²) in [6.07, 6.45) is -85.6. The van der Waals surface area contributed by atoms with Crippen LogP contribution in [0.1, 0.15) is 41.0 Å². The minimum Gasteiger partial charge on any atom is -0.477 e. The van der Waals surface area contributed by atoms with Crippen molar-refractivity contribution in [1.29, 1.82) is 0 Å². The third-order valence-electron chi connectivity index (χ3n) is 23.7. The summed E-state index contributed by atoms with van der Waals surface area (Å²) in [4.78, 5) is 12.8. The zero-order valence-corrected chi connectivity index (χ0v) is 63.9. The highest BCUT2D eigenvalue weighted by Crippen LogP contribution is 2.43. The lowest BCUT2D eigenvalue weighted by molar-refractivity contribution is -0.402. The van der Waals surface area contributed by atoms with Gasteiger partial charge in [0, 0.05) is 30.1 Å². The molecule has 0 spiro atoms. The number of aliphatic carboxylic acids is 1. The molecule has 10 aliphatic heterocycles. The van der Waals surface area contributed by atoms with Gasteiger partial charge in [0.25, 0.3) is 5.79 Å². The van der Waals surface area contributed by atoms with Crippen LogP contribution in [-0.2, 0) is 94.8 Å². The second-order valence-corrected chi connectivity index (χ2v) is 31.4. The lowest BCUT2D eigenvalue weighted by Gasteiger charge is -2.51. The molecule has 10 saturated heterocycles. The smallest absolute Gasteiger partial charge is 0.364 e. The van der Waals surface area contributed by atoms with Crippen LogP contribution in [0.15, 0.2) is 0 Å². The van der Waals surface area contributed by atoms with Gasteiger partial charge < -0.3 is 239 Å². The van der Waals surface area contributed by atoms with Crippen molar-refractivity contribution in [2.75, 3.05) is 66.1 Å². The Balaban J connectivity index is 0.893. The molecule has 0 saturated carbocycles. The van der Waals surface area contributed by atoms with Crippen molar-refractivity contribution in [3.63, 3.8) is 0 Å². The van der Waals surface area contributed by atoms with Crippen molar-refractivity contribution in [2.24, 2.45) is 29.4 Å². The summed E-state index contributed by atoms with van der Waals surface area (Å²) >= 11 is 0. The first kappa shape index (κ1) is 96.8. The van der Waals surface area contributed by atoms with E-state index in [4.69, 9.17) is 95.7 Å². The zero-order chi connectivity index (χ0) is 86.2. The number of aliphatic hydroxyl groups is 27. The van der Waals surface area contributed by atoms with Gasteiger partial charge in [0.05, 0.1) is 109 Å². The first-order valence-electron chi connectivity index (χ1n) is 38.5. The minimum atomic E-state index is -2.94. The molecule has 0 aliphatic carbocycles. The SMILES string of the molecule is CC1C(O)[C@H](O[C@@H]2OC(CO[C@]3(C(=O)O)C[C@@H](O)[C@@H](N)C([C@H](O)[C@H](O)CO)O3)[C@H](O)C(O)[C@@H]2O)[C@H](CO)O[C@H]1O[C@@H]1C(O)[C@H](O)C(CO)O[C@@H]1OCC1O[C@@H](O[C@@H]2C(CO)O[C@@H](O[C@@H]3C(CO)O[C@@H](C)[C@@H](C)C3O)[C@@H](C)C2O)[C@H](O)C(OC2O[C@H](CO)[C@@H](O)C(O)C2O[C@@H]2OC(CO)[C@@H](O[C@@H]3OC(CO)[C@H](O)C(O)[C@@H]3O)C(O)[C@@H]2C)[C@@H]1O. The van der Waals surface area contributed by atoms with E-state index in [1.54, 1.807) is 13.8 Å². The van der Waals surface area contributed by atoms with Gasteiger partial charge in [-0.2, -0.15) is 0 Å². The molecule has 0 aromatic carbocycles. The Morgan fingerprint density at radius 3 is 1.09 bits per heavy atom. The van der Waals surface area contributed by atoms with E-state index >= 15 is 0 Å². The first-order chi connectivity index (χ1) is 55.3. The molecule has 30 N–H and O–H groups in total. The van der Waals surface area contributed by atoms with Crippen LogP contribution in [0.4, 0.5) is 0 Å². The van der Waals surface area contributed by atoms with Crippen LogP contribution in [-0.4, -0.2) is 503 Å². The van der Waals surface area contributed by atoms with Gasteiger partial charge in [0.1, 0.15) is 189 Å². The van der Waals surface area contributed by atoms with E-state index in [1.807, 2.05) is 0 Å². The third-order valence-corrected chi connectivity index (χ3v) is 23.7. The van der Waals surface area contributed by atoms with E-state index in [2.05, 4.69) is 0 Å². The van der Waals surface area contributed by atoms with Crippen molar-refractivity contribution in [1.82, 2.24) is 0 Å². The molecule has 49 heteroatoms. The van der Waals surface area contributed by atoms with Gasteiger partial charge in [-0.25, -0.2) is 4.79 Å². The van der Waals surface area contributed by atoms with Crippen molar-refractivity contribution < 1.29 is 238 Å². The fourth-order valence-electron chi connectivity index (χ4n) is 15.9. The fourth-order valence-corrected chi connectivity index (χ4v) is 15.9. The Bertz CT molecular complexity index is 3020. The number of aliphatic hydroxyl groups excluding tert-OH is 27. The molecular weight excluding hydrogens is 1600 g/mol. The van der Waals surface area contributed by atoms with Crippen LogP contribution in [0.2, 0.25) is 0 Å². The summed E-state index contributed by atoms with van der Waals surface area (Å²) in [6.45, 7) is -2.70. The van der Waals surface area contributed by atoms with Gasteiger partial charge in [-0.05, 0) is 6.92 Å². The monoisotopic (exact) mass is 1720 g/mol. The molecule has 20 unspecified atom stereocenters. The normalized spacial score (nSPS) is 52.1. The van der Waals surface area contributed by atoms with Gasteiger partial charge in [0.2, 0.25) is 0 Å². The number of carbonyl (C=O) groups is 1. The van der Waals surface area contributed by atoms with Crippen molar-refractivity contribution >= 4 is 5.97 Å². The summed E-state index contributed by atoms with van der Waals surface area (Å²) in [5.41, 5.74) is 5.96. The lowest BCUT2D eigenvalue weighted by atomic mass is 9.88. The van der Waals surface area contributed by atoms with Crippen LogP contribution in [0.3, 0.4) is 0 Å². The molecule has 10 aliphatic rings.